The molecule has 0 aromatic heterocycles. The van der Waals surface area contributed by atoms with Crippen LogP contribution in [0.15, 0.2) is 12.2 Å². The van der Waals surface area contributed by atoms with Crippen molar-refractivity contribution in [2.75, 3.05) is 26.8 Å². The number of carbonyl (C=O) groups excluding carboxylic acids is 2. The molecule has 7 N–H and O–H groups in total. The molecule has 0 radical (unpaired) electrons. The minimum absolute atomic E-state index is 0.0261. The fourth-order valence-corrected chi connectivity index (χ4v) is 6.62. The maximum atomic E-state index is 13.5. The number of aliphatic carboxylic acids is 4. The van der Waals surface area contributed by atoms with Crippen molar-refractivity contribution in [3.8, 4) is 0 Å². The Kier molecular flexibility index (Phi) is 15.6. The Bertz CT molecular complexity index is 1100. The van der Waals surface area contributed by atoms with Crippen LogP contribution in [0.3, 0.4) is 0 Å². The second-order valence-electron chi connectivity index (χ2n) is 12.1. The molecule has 0 spiro atoms. The largest absolute Gasteiger partial charge is 0.481 e. The Labute approximate surface area is 259 Å². The number of carboxylic acids is 4. The van der Waals surface area contributed by atoms with Gasteiger partial charge in [0.05, 0.1) is 23.8 Å². The molecule has 2 amide bonds. The van der Waals surface area contributed by atoms with Crippen molar-refractivity contribution in [2.24, 2.45) is 17.3 Å². The van der Waals surface area contributed by atoms with Crippen LogP contribution in [0.4, 0.5) is 0 Å². The third-order valence-electron chi connectivity index (χ3n) is 7.68. The number of hydroxylamine groups is 2. The van der Waals surface area contributed by atoms with Gasteiger partial charge in [-0.1, -0.05) is 34.3 Å². The van der Waals surface area contributed by atoms with E-state index in [4.69, 9.17) is 4.84 Å². The van der Waals surface area contributed by atoms with Crippen molar-refractivity contribution in [3.63, 3.8) is 0 Å². The third kappa shape index (κ3) is 10.5. The molecule has 4 atom stereocenters. The van der Waals surface area contributed by atoms with Crippen molar-refractivity contribution in [3.05, 3.63) is 12.2 Å². The molecular weight excluding hydrogens is 599 g/mol. The van der Waals surface area contributed by atoms with E-state index < -0.39 is 84.9 Å². The smallest absolute Gasteiger partial charge is 0.340 e. The number of rotatable bonds is 21. The number of hydrogen-bond donors (Lipinski definition) is 7. The first-order chi connectivity index (χ1) is 20.0. The molecule has 0 aromatic rings. The average molecular weight is 649 g/mol. The molecule has 0 aliphatic rings. The van der Waals surface area contributed by atoms with Gasteiger partial charge in [-0.05, 0) is 45.7 Å². The highest BCUT2D eigenvalue weighted by atomic mass is 31.1. The molecule has 16 heteroatoms. The van der Waals surface area contributed by atoms with Crippen molar-refractivity contribution < 1.29 is 54.0 Å². The van der Waals surface area contributed by atoms with Gasteiger partial charge in [0.25, 0.3) is 0 Å². The molecule has 0 aliphatic carbocycles. The molecular formula is C28H49N4O11P. The van der Waals surface area contributed by atoms with Gasteiger partial charge in [-0.15, -0.1) is 0 Å². The van der Waals surface area contributed by atoms with Crippen LogP contribution in [0, 0.1) is 17.3 Å². The van der Waals surface area contributed by atoms with Crippen LogP contribution >= 0.6 is 8.07 Å². The normalized spacial score (nSPS) is 16.0. The molecule has 0 saturated carbocycles. The predicted molar refractivity (Wildman–Crippen MR) is 163 cm³/mol. The minimum atomic E-state index is -2.05. The SMILES string of the molecule is C=C(C)C(=O)NCCNC(=O)C(CC(=O)O)(NP(C)C(ON(C)C(C)(C)C(CC(=O)O)(CC(C)C)C(=O)O)C(=O)O)C(C)C. The van der Waals surface area contributed by atoms with Crippen molar-refractivity contribution in [2.45, 2.75) is 84.7 Å². The molecule has 4 unspecified atom stereocenters. The Morgan fingerprint density at radius 3 is 1.80 bits per heavy atom. The lowest BCUT2D eigenvalue weighted by molar-refractivity contribution is -0.246. The fraction of sp³-hybridized carbons (Fsp3) is 0.714. The number of nitrogens with one attached hydrogen (secondary N) is 3. The molecule has 0 aromatic carbocycles. The fourth-order valence-electron chi connectivity index (χ4n) is 4.82. The predicted octanol–water partition coefficient (Wildman–Crippen LogP) is 1.93. The maximum Gasteiger partial charge on any atom is 0.340 e. The zero-order chi connectivity index (χ0) is 34.8. The second-order valence-corrected chi connectivity index (χ2v) is 14.0. The van der Waals surface area contributed by atoms with Crippen molar-refractivity contribution in [1.29, 1.82) is 0 Å². The summed E-state index contributed by atoms with van der Waals surface area (Å²) in [5.41, 5.74) is -4.99. The molecule has 0 saturated heterocycles. The van der Waals surface area contributed by atoms with E-state index in [0.717, 1.165) is 5.06 Å². The standard InChI is InChI=1S/C28H49N4O11P/c1-16(2)13-27(25(41)42,14-19(33)34)26(7,8)32(9)43-23(22(38)39)44(10)31-28(18(5)6,15-20(35)36)24(40)30-12-11-29-21(37)17(3)4/h16,18,23,31H,3,11-15H2,1-2,4-10H3,(H,29,37)(H,30,40)(H,33,34)(H,35,36)(H,38,39)(H,41,42). The van der Waals surface area contributed by atoms with Crippen LogP contribution in [-0.4, -0.2) is 105 Å². The Morgan fingerprint density at radius 2 is 1.41 bits per heavy atom. The first kappa shape index (κ1) is 40.9. The van der Waals surface area contributed by atoms with E-state index in [1.165, 1.54) is 34.5 Å². The molecule has 0 heterocycles. The van der Waals surface area contributed by atoms with Crippen molar-refractivity contribution >= 4 is 43.8 Å². The Hall–Kier alpha value is -3.13. The summed E-state index contributed by atoms with van der Waals surface area (Å²) in [6.45, 7) is 16.0. The summed E-state index contributed by atoms with van der Waals surface area (Å²) < 4.78 is 0. The van der Waals surface area contributed by atoms with Gasteiger partial charge in [0.15, 0.2) is 0 Å². The van der Waals surface area contributed by atoms with Gasteiger partial charge in [0.1, 0.15) is 5.54 Å². The van der Waals surface area contributed by atoms with E-state index in [1.54, 1.807) is 27.7 Å². The van der Waals surface area contributed by atoms with E-state index in [-0.39, 0.29) is 31.0 Å². The van der Waals surface area contributed by atoms with Gasteiger partial charge in [0.2, 0.25) is 17.7 Å². The molecule has 44 heavy (non-hydrogen) atoms. The Balaban J connectivity index is 6.41. The molecule has 252 valence electrons. The summed E-state index contributed by atoms with van der Waals surface area (Å²) in [4.78, 5) is 79.8. The van der Waals surface area contributed by atoms with Gasteiger partial charge in [-0.25, -0.2) is 4.79 Å². The van der Waals surface area contributed by atoms with E-state index in [9.17, 15) is 49.2 Å². The summed E-state index contributed by atoms with van der Waals surface area (Å²) in [6, 6.07) is 0. The first-order valence-corrected chi connectivity index (χ1v) is 15.9. The summed E-state index contributed by atoms with van der Waals surface area (Å²) in [5, 5.41) is 48.8. The van der Waals surface area contributed by atoms with E-state index in [2.05, 4.69) is 22.3 Å². The van der Waals surface area contributed by atoms with Crippen LogP contribution in [0.2, 0.25) is 0 Å². The Morgan fingerprint density at radius 1 is 0.909 bits per heavy atom. The topological polar surface area (TPSA) is 232 Å². The van der Waals surface area contributed by atoms with E-state index >= 15 is 0 Å². The molecule has 0 fully saturated rings. The zero-order valence-corrected chi connectivity index (χ0v) is 27.9. The van der Waals surface area contributed by atoms with Gasteiger partial charge < -0.3 is 31.1 Å². The van der Waals surface area contributed by atoms with Crippen molar-refractivity contribution in [1.82, 2.24) is 20.8 Å². The van der Waals surface area contributed by atoms with Gasteiger partial charge in [0, 0.05) is 33.8 Å². The zero-order valence-electron chi connectivity index (χ0n) is 27.0. The molecule has 0 bridgehead atoms. The van der Waals surface area contributed by atoms with Gasteiger partial charge in [-0.2, -0.15) is 5.06 Å². The number of nitrogens with zero attached hydrogens (tertiary/aromatic N) is 1. The number of carboxylic acid groups (broad SMARTS) is 4. The summed E-state index contributed by atoms with van der Waals surface area (Å²) in [7, 11) is -0.748. The first-order valence-electron chi connectivity index (χ1n) is 14.0. The van der Waals surface area contributed by atoms with Crippen LogP contribution in [0.1, 0.15) is 67.7 Å². The summed E-state index contributed by atoms with van der Waals surface area (Å²) >= 11 is 0. The van der Waals surface area contributed by atoms with Crippen LogP contribution in [-0.2, 0) is 33.6 Å². The second kappa shape index (κ2) is 16.8. The quantitative estimate of drug-likeness (QED) is 0.0409. The molecule has 0 aliphatic heterocycles. The van der Waals surface area contributed by atoms with E-state index in [1.807, 2.05) is 0 Å². The lowest BCUT2D eigenvalue weighted by Crippen LogP contribution is -2.62. The number of carbonyl (C=O) groups is 6. The van der Waals surface area contributed by atoms with Crippen LogP contribution in [0.25, 0.3) is 0 Å². The van der Waals surface area contributed by atoms with Crippen LogP contribution < -0.4 is 15.7 Å². The number of hydrogen-bond acceptors (Lipinski definition) is 9. The highest BCUT2D eigenvalue weighted by Gasteiger charge is 2.56. The van der Waals surface area contributed by atoms with E-state index in [0.29, 0.717) is 0 Å². The van der Waals surface area contributed by atoms with Gasteiger partial charge >= 0.3 is 23.9 Å². The highest BCUT2D eigenvalue weighted by Crippen LogP contribution is 2.47. The maximum absolute atomic E-state index is 13.5. The summed E-state index contributed by atoms with van der Waals surface area (Å²) in [5.74, 6) is -9.35. The highest BCUT2D eigenvalue weighted by molar-refractivity contribution is 7.56. The monoisotopic (exact) mass is 648 g/mol. The summed E-state index contributed by atoms with van der Waals surface area (Å²) in [6.07, 6.45) is -1.54. The number of amides is 2. The average Bonchev–Trinajstić information content (AvgIpc) is 2.86. The van der Waals surface area contributed by atoms with Gasteiger partial charge in [-0.3, -0.25) is 33.9 Å². The lowest BCUT2D eigenvalue weighted by Gasteiger charge is -2.49. The lowest BCUT2D eigenvalue weighted by atomic mass is 9.64. The molecule has 0 rings (SSSR count). The minimum Gasteiger partial charge on any atom is -0.481 e. The molecule has 15 nitrogen and oxygen atoms in total. The third-order valence-corrected chi connectivity index (χ3v) is 9.45. The van der Waals surface area contributed by atoms with Crippen LogP contribution in [0.5, 0.6) is 0 Å².